The molecule has 2 saturated heterocycles. The van der Waals surface area contributed by atoms with E-state index in [9.17, 15) is 13.2 Å². The summed E-state index contributed by atoms with van der Waals surface area (Å²) in [5.74, 6) is 0.809. The molecule has 8 nitrogen and oxygen atoms in total. The molecule has 10 heteroatoms. The second-order valence-corrected chi connectivity index (χ2v) is 9.19. The number of nitrogens with zero attached hydrogens (tertiary/aromatic N) is 1. The number of amides is 1. The quantitative estimate of drug-likeness (QED) is 0.751. The largest absolute Gasteiger partial charge is 0.495 e. The lowest BCUT2D eigenvalue weighted by Gasteiger charge is -2.34. The fraction of sp³-hybridized carbons (Fsp3) is 0.611. The monoisotopic (exact) mass is 431 g/mol. The van der Waals surface area contributed by atoms with E-state index in [4.69, 9.17) is 9.47 Å². The van der Waals surface area contributed by atoms with Crippen LogP contribution >= 0.6 is 12.4 Å². The third kappa shape index (κ3) is 3.94. The number of benzene rings is 1. The first-order valence-corrected chi connectivity index (χ1v) is 10.8. The van der Waals surface area contributed by atoms with Crippen molar-refractivity contribution in [2.75, 3.05) is 38.7 Å². The standard InChI is InChI=1S/C18H25N3O5S.ClH/c1-25-16-9-14-15(26-11-18(22)20-14)10-17(16)27(23,24)21-7-4-12(5-8-21)13-3-2-6-19-13;/h9-10,12-13,19H,2-8,11H2,1H3,(H,20,22);1H. The van der Waals surface area contributed by atoms with Crippen molar-refractivity contribution in [3.8, 4) is 11.5 Å². The van der Waals surface area contributed by atoms with Crippen LogP contribution < -0.4 is 20.1 Å². The lowest BCUT2D eigenvalue weighted by Crippen LogP contribution is -2.43. The molecule has 0 aliphatic carbocycles. The first-order valence-electron chi connectivity index (χ1n) is 9.37. The molecule has 4 rings (SSSR count). The van der Waals surface area contributed by atoms with Crippen LogP contribution in [0, 0.1) is 5.92 Å². The minimum atomic E-state index is -3.70. The Morgan fingerprint density at radius 1 is 1.21 bits per heavy atom. The van der Waals surface area contributed by atoms with E-state index in [1.54, 1.807) is 0 Å². The predicted molar refractivity (Wildman–Crippen MR) is 107 cm³/mol. The molecule has 0 aromatic heterocycles. The molecule has 3 aliphatic heterocycles. The summed E-state index contributed by atoms with van der Waals surface area (Å²) in [5, 5.41) is 6.20. The summed E-state index contributed by atoms with van der Waals surface area (Å²) in [6.45, 7) is 1.94. The van der Waals surface area contributed by atoms with E-state index in [-0.39, 0.29) is 35.6 Å². The normalized spacial score (nSPS) is 23.3. The van der Waals surface area contributed by atoms with E-state index in [1.807, 2.05) is 0 Å². The Morgan fingerprint density at radius 2 is 1.96 bits per heavy atom. The number of fused-ring (bicyclic) bond motifs is 1. The van der Waals surface area contributed by atoms with Gasteiger partial charge >= 0.3 is 0 Å². The number of nitrogens with one attached hydrogen (secondary N) is 2. The third-order valence-electron chi connectivity index (χ3n) is 5.68. The number of carbonyl (C=O) groups excluding carboxylic acids is 1. The van der Waals surface area contributed by atoms with Gasteiger partial charge in [-0.3, -0.25) is 4.79 Å². The van der Waals surface area contributed by atoms with Gasteiger partial charge in [-0.25, -0.2) is 8.42 Å². The van der Waals surface area contributed by atoms with Gasteiger partial charge in [-0.1, -0.05) is 0 Å². The summed E-state index contributed by atoms with van der Waals surface area (Å²) in [6.07, 6.45) is 4.10. The van der Waals surface area contributed by atoms with E-state index in [1.165, 1.54) is 36.4 Å². The molecular weight excluding hydrogens is 406 g/mol. The molecule has 1 atom stereocenters. The van der Waals surface area contributed by atoms with Gasteiger partial charge in [0.1, 0.15) is 16.4 Å². The van der Waals surface area contributed by atoms with Crippen LogP contribution in [0.3, 0.4) is 0 Å². The van der Waals surface area contributed by atoms with Crippen LogP contribution in [0.2, 0.25) is 0 Å². The van der Waals surface area contributed by atoms with Crippen molar-refractivity contribution in [1.29, 1.82) is 0 Å². The number of halogens is 1. The Kier molecular flexibility index (Phi) is 6.38. The Bertz CT molecular complexity index is 834. The molecule has 1 aromatic rings. The molecule has 0 spiro atoms. The number of hydrogen-bond donors (Lipinski definition) is 2. The smallest absolute Gasteiger partial charge is 0.262 e. The minimum Gasteiger partial charge on any atom is -0.495 e. The second kappa shape index (κ2) is 8.44. The molecule has 1 amide bonds. The number of ether oxygens (including phenoxy) is 2. The van der Waals surface area contributed by atoms with Gasteiger partial charge in [-0.05, 0) is 38.1 Å². The van der Waals surface area contributed by atoms with Crippen molar-refractivity contribution in [3.05, 3.63) is 12.1 Å². The predicted octanol–water partition coefficient (Wildman–Crippen LogP) is 1.60. The maximum absolute atomic E-state index is 13.2. The van der Waals surface area contributed by atoms with Gasteiger partial charge in [0.05, 0.1) is 12.8 Å². The number of hydrogen-bond acceptors (Lipinski definition) is 6. The second-order valence-electron chi connectivity index (χ2n) is 7.28. The highest BCUT2D eigenvalue weighted by molar-refractivity contribution is 7.89. The van der Waals surface area contributed by atoms with Gasteiger partial charge in [0.15, 0.2) is 6.61 Å². The van der Waals surface area contributed by atoms with Gasteiger partial charge in [0.2, 0.25) is 10.0 Å². The van der Waals surface area contributed by atoms with Crippen molar-refractivity contribution in [3.63, 3.8) is 0 Å². The van der Waals surface area contributed by atoms with Crippen LogP contribution in [0.25, 0.3) is 0 Å². The number of sulfonamides is 1. The molecule has 0 saturated carbocycles. The van der Waals surface area contributed by atoms with E-state index in [0.29, 0.717) is 36.5 Å². The number of anilines is 1. The van der Waals surface area contributed by atoms with Gasteiger partial charge in [-0.2, -0.15) is 4.31 Å². The van der Waals surface area contributed by atoms with Crippen molar-refractivity contribution < 1.29 is 22.7 Å². The van der Waals surface area contributed by atoms with E-state index >= 15 is 0 Å². The van der Waals surface area contributed by atoms with Crippen molar-refractivity contribution in [2.45, 2.75) is 36.6 Å². The lowest BCUT2D eigenvalue weighted by molar-refractivity contribution is -0.118. The average molecular weight is 432 g/mol. The number of methoxy groups -OCH3 is 1. The van der Waals surface area contributed by atoms with Crippen LogP contribution in [0.1, 0.15) is 25.7 Å². The summed E-state index contributed by atoms with van der Waals surface area (Å²) in [7, 11) is -2.28. The Morgan fingerprint density at radius 3 is 2.61 bits per heavy atom. The summed E-state index contributed by atoms with van der Waals surface area (Å²) >= 11 is 0. The van der Waals surface area contributed by atoms with Crippen LogP contribution in [0.5, 0.6) is 11.5 Å². The van der Waals surface area contributed by atoms with Crippen LogP contribution in [0.4, 0.5) is 5.69 Å². The van der Waals surface area contributed by atoms with Crippen LogP contribution in [0.15, 0.2) is 17.0 Å². The third-order valence-corrected chi connectivity index (χ3v) is 7.60. The van der Waals surface area contributed by atoms with E-state index < -0.39 is 10.0 Å². The fourth-order valence-electron chi connectivity index (χ4n) is 4.22. The summed E-state index contributed by atoms with van der Waals surface area (Å²) in [6, 6.07) is 3.48. The molecule has 2 fully saturated rings. The molecule has 2 N–H and O–H groups in total. The van der Waals surface area contributed by atoms with Crippen LogP contribution in [-0.4, -0.2) is 58.0 Å². The molecule has 1 unspecified atom stereocenters. The Balaban J connectivity index is 0.00000225. The molecular formula is C18H26ClN3O5S. The zero-order chi connectivity index (χ0) is 19.0. The highest BCUT2D eigenvalue weighted by Crippen LogP contribution is 2.39. The van der Waals surface area contributed by atoms with Gasteiger partial charge in [-0.15, -0.1) is 12.4 Å². The summed E-state index contributed by atoms with van der Waals surface area (Å²) < 4.78 is 38.7. The molecule has 3 aliphatic rings. The molecule has 3 heterocycles. The van der Waals surface area contributed by atoms with Crippen molar-refractivity contribution >= 4 is 34.0 Å². The number of rotatable bonds is 4. The van der Waals surface area contributed by atoms with Crippen molar-refractivity contribution in [1.82, 2.24) is 9.62 Å². The number of piperidine rings is 1. The molecule has 0 radical (unpaired) electrons. The Hall–Kier alpha value is -1.55. The molecule has 28 heavy (non-hydrogen) atoms. The average Bonchev–Trinajstić information content (AvgIpc) is 3.21. The van der Waals surface area contributed by atoms with Gasteiger partial charge in [0, 0.05) is 31.3 Å². The first kappa shape index (κ1) is 21.2. The van der Waals surface area contributed by atoms with Gasteiger partial charge in [0.25, 0.3) is 5.91 Å². The maximum Gasteiger partial charge on any atom is 0.262 e. The van der Waals surface area contributed by atoms with E-state index in [2.05, 4.69) is 10.6 Å². The summed E-state index contributed by atoms with van der Waals surface area (Å²) in [5.41, 5.74) is 0.424. The zero-order valence-corrected chi connectivity index (χ0v) is 17.4. The van der Waals surface area contributed by atoms with Gasteiger partial charge < -0.3 is 20.1 Å². The van der Waals surface area contributed by atoms with E-state index in [0.717, 1.165) is 19.4 Å². The minimum absolute atomic E-state index is 0. The fourth-order valence-corrected chi connectivity index (χ4v) is 5.84. The molecule has 0 bridgehead atoms. The zero-order valence-electron chi connectivity index (χ0n) is 15.8. The first-order chi connectivity index (χ1) is 13.0. The molecule has 1 aromatic carbocycles. The highest BCUT2D eigenvalue weighted by atomic mass is 35.5. The SMILES string of the molecule is COc1cc2c(cc1S(=O)(=O)N1CCC(C3CCCN3)CC1)OCC(=O)N2.Cl. The maximum atomic E-state index is 13.2. The summed E-state index contributed by atoms with van der Waals surface area (Å²) in [4.78, 5) is 11.6. The molecule has 156 valence electrons. The number of carbonyl (C=O) groups is 1. The lowest BCUT2D eigenvalue weighted by atomic mass is 9.89. The highest BCUT2D eigenvalue weighted by Gasteiger charge is 2.35. The van der Waals surface area contributed by atoms with Crippen molar-refractivity contribution in [2.24, 2.45) is 5.92 Å². The van der Waals surface area contributed by atoms with Crippen LogP contribution in [-0.2, 0) is 14.8 Å². The Labute approximate surface area is 171 Å². The topological polar surface area (TPSA) is 97.0 Å².